The predicted molar refractivity (Wildman–Crippen MR) is 84.3 cm³/mol. The molecule has 2 aliphatic heterocycles. The summed E-state index contributed by atoms with van der Waals surface area (Å²) in [5.41, 5.74) is 2.09. The Kier molecular flexibility index (Phi) is 4.50. The van der Waals surface area contributed by atoms with Gasteiger partial charge in [-0.3, -0.25) is 9.88 Å². The van der Waals surface area contributed by atoms with Crippen LogP contribution < -0.4 is 10.6 Å². The molecular weight excluding hydrogens is 298 g/mol. The number of fused-ring (bicyclic) bond motifs is 1. The maximum atomic E-state index is 12.2. The molecule has 1 aromatic heterocycles. The molecule has 0 radical (unpaired) electrons. The molecule has 1 atom stereocenters. The van der Waals surface area contributed by atoms with E-state index in [0.29, 0.717) is 39.3 Å². The Morgan fingerprint density at radius 1 is 1.43 bits per heavy atom. The highest BCUT2D eigenvalue weighted by molar-refractivity contribution is 5.75. The fourth-order valence-electron chi connectivity index (χ4n) is 2.82. The summed E-state index contributed by atoms with van der Waals surface area (Å²) >= 11 is 0. The second kappa shape index (κ2) is 6.72. The molecule has 2 saturated heterocycles. The number of carbonyl (C=O) groups excluding carboxylic acids is 2. The van der Waals surface area contributed by atoms with Crippen molar-refractivity contribution in [3.63, 3.8) is 0 Å². The fraction of sp³-hybridized carbons (Fsp3) is 0.533. The Bertz CT molecular complexity index is 594. The lowest BCUT2D eigenvalue weighted by molar-refractivity contribution is 0.127. The topological polar surface area (TPSA) is 86.8 Å². The lowest BCUT2D eigenvalue weighted by Gasteiger charge is -2.35. The largest absolute Gasteiger partial charge is 0.447 e. The number of ether oxygens (including phenoxy) is 1. The van der Waals surface area contributed by atoms with Crippen LogP contribution in [0.15, 0.2) is 18.5 Å². The molecule has 23 heavy (non-hydrogen) atoms. The maximum Gasteiger partial charge on any atom is 0.410 e. The summed E-state index contributed by atoms with van der Waals surface area (Å²) in [5, 5.41) is 6.17. The number of aryl methyl sites for hydroxylation is 1. The number of hydrogen-bond acceptors (Lipinski definition) is 5. The van der Waals surface area contributed by atoms with E-state index >= 15 is 0 Å². The number of hydrogen-bond donors (Lipinski definition) is 2. The lowest BCUT2D eigenvalue weighted by Crippen LogP contribution is -2.56. The number of cyclic esters (lactones) is 1. The number of nitrogens with zero attached hydrogens (tertiary/aromatic N) is 3. The minimum atomic E-state index is -0.271. The first-order chi connectivity index (χ1) is 11.1. The molecule has 1 aromatic rings. The van der Waals surface area contributed by atoms with Crippen LogP contribution in [-0.2, 0) is 4.74 Å². The highest BCUT2D eigenvalue weighted by Gasteiger charge is 2.38. The molecule has 0 spiro atoms. The van der Waals surface area contributed by atoms with Gasteiger partial charge in [-0.05, 0) is 18.6 Å². The van der Waals surface area contributed by atoms with Crippen molar-refractivity contribution in [3.8, 4) is 0 Å². The summed E-state index contributed by atoms with van der Waals surface area (Å²) in [7, 11) is 0. The molecule has 0 aromatic carbocycles. The van der Waals surface area contributed by atoms with Gasteiger partial charge in [-0.1, -0.05) is 0 Å². The summed E-state index contributed by atoms with van der Waals surface area (Å²) in [6.07, 6.45) is 3.26. The van der Waals surface area contributed by atoms with Gasteiger partial charge in [0.15, 0.2) is 0 Å². The van der Waals surface area contributed by atoms with Gasteiger partial charge in [-0.25, -0.2) is 9.59 Å². The molecular formula is C15H21N5O3. The molecule has 0 aliphatic carbocycles. The number of rotatable bonds is 4. The van der Waals surface area contributed by atoms with Gasteiger partial charge in [-0.2, -0.15) is 0 Å². The first-order valence-corrected chi connectivity index (χ1v) is 7.76. The third kappa shape index (κ3) is 3.46. The van der Waals surface area contributed by atoms with Gasteiger partial charge < -0.3 is 20.3 Å². The zero-order valence-electron chi connectivity index (χ0n) is 13.1. The predicted octanol–water partition coefficient (Wildman–Crippen LogP) is 0.648. The van der Waals surface area contributed by atoms with Gasteiger partial charge in [0.2, 0.25) is 0 Å². The van der Waals surface area contributed by atoms with Crippen molar-refractivity contribution in [2.24, 2.45) is 0 Å². The number of aromatic nitrogens is 1. The summed E-state index contributed by atoms with van der Waals surface area (Å²) in [6, 6.07) is 1.80. The van der Waals surface area contributed by atoms with Crippen LogP contribution in [0.4, 0.5) is 15.3 Å². The van der Waals surface area contributed by atoms with Crippen molar-refractivity contribution in [1.29, 1.82) is 0 Å². The van der Waals surface area contributed by atoms with Crippen LogP contribution in [0.2, 0.25) is 0 Å². The van der Waals surface area contributed by atoms with Crippen LogP contribution in [0.25, 0.3) is 0 Å². The highest BCUT2D eigenvalue weighted by Crippen LogP contribution is 2.17. The molecule has 2 aliphatic rings. The van der Waals surface area contributed by atoms with Crippen molar-refractivity contribution in [1.82, 2.24) is 20.1 Å². The zero-order valence-corrected chi connectivity index (χ0v) is 13.1. The molecule has 124 valence electrons. The van der Waals surface area contributed by atoms with E-state index in [9.17, 15) is 9.59 Å². The first kappa shape index (κ1) is 15.4. The Morgan fingerprint density at radius 2 is 2.30 bits per heavy atom. The molecule has 0 unspecified atom stereocenters. The van der Waals surface area contributed by atoms with E-state index in [1.165, 1.54) is 0 Å². The van der Waals surface area contributed by atoms with Crippen LogP contribution in [0.1, 0.15) is 5.56 Å². The molecule has 0 saturated carbocycles. The summed E-state index contributed by atoms with van der Waals surface area (Å²) in [4.78, 5) is 31.1. The molecule has 8 nitrogen and oxygen atoms in total. The number of amides is 3. The van der Waals surface area contributed by atoms with E-state index in [1.807, 2.05) is 13.0 Å². The van der Waals surface area contributed by atoms with Crippen molar-refractivity contribution >= 4 is 17.8 Å². The monoisotopic (exact) mass is 319 g/mol. The van der Waals surface area contributed by atoms with E-state index in [1.54, 1.807) is 22.2 Å². The second-order valence-corrected chi connectivity index (χ2v) is 5.72. The molecule has 3 rings (SSSR count). The van der Waals surface area contributed by atoms with E-state index in [-0.39, 0.29) is 18.2 Å². The van der Waals surface area contributed by atoms with Crippen LogP contribution in [0.3, 0.4) is 0 Å². The molecule has 0 bridgehead atoms. The average Bonchev–Trinajstić information content (AvgIpc) is 2.93. The lowest BCUT2D eigenvalue weighted by atomic mass is 10.2. The minimum absolute atomic E-state index is 0.0143. The summed E-state index contributed by atoms with van der Waals surface area (Å²) in [5.74, 6) is 0. The van der Waals surface area contributed by atoms with E-state index in [0.717, 1.165) is 11.3 Å². The van der Waals surface area contributed by atoms with Crippen molar-refractivity contribution < 1.29 is 14.3 Å². The Hall–Kier alpha value is -2.51. The van der Waals surface area contributed by atoms with Gasteiger partial charge in [0.1, 0.15) is 6.61 Å². The van der Waals surface area contributed by atoms with Crippen LogP contribution in [0.5, 0.6) is 0 Å². The van der Waals surface area contributed by atoms with Gasteiger partial charge in [-0.15, -0.1) is 0 Å². The van der Waals surface area contributed by atoms with Crippen molar-refractivity contribution in [2.45, 2.75) is 13.0 Å². The number of urea groups is 1. The van der Waals surface area contributed by atoms with Crippen LogP contribution in [-0.4, -0.2) is 72.3 Å². The number of piperazine rings is 1. The number of anilines is 1. The normalized spacial score (nSPS) is 20.0. The molecule has 8 heteroatoms. The van der Waals surface area contributed by atoms with Gasteiger partial charge in [0, 0.05) is 50.8 Å². The molecule has 3 amide bonds. The number of pyridine rings is 1. The quantitative estimate of drug-likeness (QED) is 0.796. The van der Waals surface area contributed by atoms with Gasteiger partial charge in [0.25, 0.3) is 0 Å². The highest BCUT2D eigenvalue weighted by atomic mass is 16.6. The van der Waals surface area contributed by atoms with Crippen LogP contribution >= 0.6 is 0 Å². The Balaban J connectivity index is 1.40. The number of carbonyl (C=O) groups is 2. The Morgan fingerprint density at radius 3 is 3.13 bits per heavy atom. The van der Waals surface area contributed by atoms with Gasteiger partial charge >= 0.3 is 12.1 Å². The number of nitrogens with one attached hydrogen (secondary N) is 2. The van der Waals surface area contributed by atoms with Gasteiger partial charge in [0.05, 0.1) is 6.04 Å². The molecule has 2 fully saturated rings. The zero-order chi connectivity index (χ0) is 16.2. The Labute approximate surface area is 134 Å². The maximum absolute atomic E-state index is 12.2. The van der Waals surface area contributed by atoms with Crippen LogP contribution in [0, 0.1) is 6.92 Å². The summed E-state index contributed by atoms with van der Waals surface area (Å²) in [6.45, 7) is 5.11. The average molecular weight is 319 g/mol. The fourth-order valence-corrected chi connectivity index (χ4v) is 2.82. The third-order valence-electron chi connectivity index (χ3n) is 4.14. The van der Waals surface area contributed by atoms with E-state index < -0.39 is 0 Å². The smallest absolute Gasteiger partial charge is 0.410 e. The van der Waals surface area contributed by atoms with E-state index in [2.05, 4.69) is 15.6 Å². The molecule has 3 heterocycles. The third-order valence-corrected chi connectivity index (χ3v) is 4.14. The first-order valence-electron chi connectivity index (χ1n) is 7.76. The van der Waals surface area contributed by atoms with E-state index in [4.69, 9.17) is 4.74 Å². The SMILES string of the molecule is Cc1cnccc1NCCNC(=O)N1CCN2C(=O)OC[C@@H]2C1. The minimum Gasteiger partial charge on any atom is -0.447 e. The standard InChI is InChI=1S/C15H21N5O3/c1-11-8-16-3-2-13(11)17-4-5-18-14(21)19-6-7-20-12(9-19)10-23-15(20)22/h2-3,8,12H,4-7,9-10H2,1H3,(H,16,17)(H,18,21)/t12-/m0/s1. The summed E-state index contributed by atoms with van der Waals surface area (Å²) < 4.78 is 5.00. The van der Waals surface area contributed by atoms with Crippen molar-refractivity contribution in [3.05, 3.63) is 24.0 Å². The second-order valence-electron chi connectivity index (χ2n) is 5.72. The molecule has 2 N–H and O–H groups in total. The van der Waals surface area contributed by atoms with Crippen molar-refractivity contribution in [2.75, 3.05) is 44.6 Å².